The third-order valence-electron chi connectivity index (χ3n) is 2.15. The molecule has 1 aliphatic rings. The maximum absolute atomic E-state index is 11.9. The van der Waals surface area contributed by atoms with Crippen molar-refractivity contribution in [2.24, 2.45) is 5.41 Å². The van der Waals surface area contributed by atoms with Crippen molar-refractivity contribution in [1.29, 1.82) is 0 Å². The lowest BCUT2D eigenvalue weighted by Gasteiger charge is -2.38. The van der Waals surface area contributed by atoms with Crippen molar-refractivity contribution in [3.05, 3.63) is 0 Å². The van der Waals surface area contributed by atoms with Crippen LogP contribution in [-0.4, -0.2) is 25.4 Å². The van der Waals surface area contributed by atoms with E-state index in [4.69, 9.17) is 4.74 Å². The fourth-order valence-electron chi connectivity index (χ4n) is 1.10. The predicted octanol–water partition coefficient (Wildman–Crippen LogP) is 1.25. The molecular formula is C7H10F2O2. The Hall–Kier alpha value is -0.510. The average Bonchev–Trinajstić information content (AvgIpc) is 1.86. The number of Topliss-reactive ketones (excluding diaryl/α,β-unsaturated/α-hetero) is 1. The van der Waals surface area contributed by atoms with Crippen LogP contribution in [0.15, 0.2) is 0 Å². The number of ketones is 1. The van der Waals surface area contributed by atoms with E-state index in [1.165, 1.54) is 0 Å². The van der Waals surface area contributed by atoms with Crippen LogP contribution in [0.3, 0.4) is 0 Å². The molecule has 1 rings (SSSR count). The van der Waals surface area contributed by atoms with E-state index in [1.807, 2.05) is 0 Å². The minimum absolute atomic E-state index is 0.159. The van der Waals surface area contributed by atoms with Crippen molar-refractivity contribution >= 4 is 5.78 Å². The Kier molecular flexibility index (Phi) is 2.23. The van der Waals surface area contributed by atoms with Crippen molar-refractivity contribution in [3.8, 4) is 0 Å². The van der Waals surface area contributed by atoms with Crippen molar-refractivity contribution in [2.45, 2.75) is 19.8 Å². The monoisotopic (exact) mass is 164 g/mol. The molecule has 0 bridgehead atoms. The van der Waals surface area contributed by atoms with Crippen LogP contribution in [0.5, 0.6) is 0 Å². The number of rotatable bonds is 3. The first-order valence-corrected chi connectivity index (χ1v) is 3.52. The van der Waals surface area contributed by atoms with Crippen LogP contribution in [0, 0.1) is 5.41 Å². The Bertz CT molecular complexity index is 158. The van der Waals surface area contributed by atoms with Gasteiger partial charge in [0.15, 0.2) is 0 Å². The molecule has 11 heavy (non-hydrogen) atoms. The van der Waals surface area contributed by atoms with Crippen LogP contribution in [-0.2, 0) is 9.53 Å². The van der Waals surface area contributed by atoms with Crippen molar-refractivity contribution in [1.82, 2.24) is 0 Å². The van der Waals surface area contributed by atoms with Gasteiger partial charge in [0.2, 0.25) is 5.78 Å². The zero-order valence-electron chi connectivity index (χ0n) is 6.27. The van der Waals surface area contributed by atoms with Crippen molar-refractivity contribution in [2.75, 3.05) is 13.2 Å². The first kappa shape index (κ1) is 8.59. The van der Waals surface area contributed by atoms with E-state index in [1.54, 1.807) is 6.92 Å². The van der Waals surface area contributed by atoms with E-state index in [-0.39, 0.29) is 13.2 Å². The third kappa shape index (κ3) is 1.27. The van der Waals surface area contributed by atoms with Crippen LogP contribution in [0.2, 0.25) is 0 Å². The Morgan fingerprint density at radius 3 is 2.27 bits per heavy atom. The molecular weight excluding hydrogens is 154 g/mol. The molecule has 0 aromatic rings. The first-order chi connectivity index (χ1) is 5.12. The molecule has 1 aliphatic heterocycles. The number of hydrogen-bond donors (Lipinski definition) is 0. The van der Waals surface area contributed by atoms with Gasteiger partial charge in [-0.2, -0.15) is 0 Å². The lowest BCUT2D eigenvalue weighted by atomic mass is 9.79. The molecule has 0 atom stereocenters. The van der Waals surface area contributed by atoms with Gasteiger partial charge in [0, 0.05) is 0 Å². The maximum atomic E-state index is 11.9. The summed E-state index contributed by atoms with van der Waals surface area (Å²) in [5, 5.41) is 0. The second kappa shape index (κ2) is 2.85. The van der Waals surface area contributed by atoms with Crippen molar-refractivity contribution < 1.29 is 18.3 Å². The number of carbonyl (C=O) groups is 1. The predicted molar refractivity (Wildman–Crippen MR) is 34.6 cm³/mol. The van der Waals surface area contributed by atoms with Crippen LogP contribution in [0.4, 0.5) is 8.78 Å². The van der Waals surface area contributed by atoms with E-state index in [0.29, 0.717) is 6.42 Å². The number of ether oxygens (including phenoxy) is 1. The molecule has 0 spiro atoms. The summed E-state index contributed by atoms with van der Waals surface area (Å²) >= 11 is 0. The maximum Gasteiger partial charge on any atom is 0.296 e. The summed E-state index contributed by atoms with van der Waals surface area (Å²) in [5.74, 6) is -0.966. The number of halogens is 2. The minimum Gasteiger partial charge on any atom is -0.379 e. The second-order valence-electron chi connectivity index (χ2n) is 2.79. The normalized spacial score (nSPS) is 21.5. The molecule has 2 nitrogen and oxygen atoms in total. The fraction of sp³-hybridized carbons (Fsp3) is 0.857. The standard InChI is InChI=1S/C7H10F2O2/c1-2-7(3-11-4-7)5(10)6(8)9/h6H,2-4H2,1H3. The molecule has 0 aromatic carbocycles. The molecule has 4 heteroatoms. The summed E-state index contributed by atoms with van der Waals surface area (Å²) in [6.45, 7) is 2.04. The summed E-state index contributed by atoms with van der Waals surface area (Å²) in [5.41, 5.74) is -0.867. The number of hydrogen-bond acceptors (Lipinski definition) is 2. The zero-order valence-corrected chi connectivity index (χ0v) is 6.27. The highest BCUT2D eigenvalue weighted by Crippen LogP contribution is 2.34. The molecule has 0 aromatic heterocycles. The van der Waals surface area contributed by atoms with E-state index < -0.39 is 17.6 Å². The summed E-state index contributed by atoms with van der Waals surface area (Å²) in [4.78, 5) is 10.8. The second-order valence-corrected chi connectivity index (χ2v) is 2.79. The smallest absolute Gasteiger partial charge is 0.296 e. The summed E-state index contributed by atoms with van der Waals surface area (Å²) in [6.07, 6.45) is -2.41. The van der Waals surface area contributed by atoms with Crippen LogP contribution in [0.1, 0.15) is 13.3 Å². The third-order valence-corrected chi connectivity index (χ3v) is 2.15. The van der Waals surface area contributed by atoms with Crippen LogP contribution >= 0.6 is 0 Å². The van der Waals surface area contributed by atoms with Crippen LogP contribution in [0.25, 0.3) is 0 Å². The number of carbonyl (C=O) groups excluding carboxylic acids is 1. The van der Waals surface area contributed by atoms with Gasteiger partial charge in [-0.1, -0.05) is 6.92 Å². The lowest BCUT2D eigenvalue weighted by Crippen LogP contribution is -2.50. The highest BCUT2D eigenvalue weighted by atomic mass is 19.3. The molecule has 0 aliphatic carbocycles. The van der Waals surface area contributed by atoms with Crippen LogP contribution < -0.4 is 0 Å². The van der Waals surface area contributed by atoms with Gasteiger partial charge in [0.05, 0.1) is 18.6 Å². The molecule has 0 amide bonds. The molecule has 64 valence electrons. The molecule has 0 radical (unpaired) electrons. The van der Waals surface area contributed by atoms with Gasteiger partial charge in [-0.3, -0.25) is 4.79 Å². The van der Waals surface area contributed by atoms with Gasteiger partial charge in [-0.25, -0.2) is 8.78 Å². The molecule has 0 unspecified atom stereocenters. The van der Waals surface area contributed by atoms with E-state index in [0.717, 1.165) is 0 Å². The Balaban J connectivity index is 2.62. The summed E-state index contributed by atoms with van der Waals surface area (Å²) in [7, 11) is 0. The fourth-order valence-corrected chi connectivity index (χ4v) is 1.10. The minimum atomic E-state index is -2.85. The summed E-state index contributed by atoms with van der Waals surface area (Å²) < 4.78 is 28.6. The average molecular weight is 164 g/mol. The van der Waals surface area contributed by atoms with E-state index >= 15 is 0 Å². The van der Waals surface area contributed by atoms with Gasteiger partial charge in [0.1, 0.15) is 0 Å². The molecule has 1 heterocycles. The van der Waals surface area contributed by atoms with Crippen molar-refractivity contribution in [3.63, 3.8) is 0 Å². The molecule has 1 fully saturated rings. The Labute approximate surface area is 63.5 Å². The van der Waals surface area contributed by atoms with Gasteiger partial charge in [0.25, 0.3) is 6.43 Å². The summed E-state index contributed by atoms with van der Waals surface area (Å²) in [6, 6.07) is 0. The topological polar surface area (TPSA) is 26.3 Å². The van der Waals surface area contributed by atoms with Gasteiger partial charge >= 0.3 is 0 Å². The highest BCUT2D eigenvalue weighted by molar-refractivity contribution is 5.88. The van der Waals surface area contributed by atoms with Gasteiger partial charge < -0.3 is 4.74 Å². The van der Waals surface area contributed by atoms with E-state index in [2.05, 4.69) is 0 Å². The SMILES string of the molecule is CCC1(C(=O)C(F)F)COC1. The molecule has 0 N–H and O–H groups in total. The first-order valence-electron chi connectivity index (χ1n) is 3.52. The zero-order chi connectivity index (χ0) is 8.48. The van der Waals surface area contributed by atoms with Gasteiger partial charge in [-0.05, 0) is 6.42 Å². The Morgan fingerprint density at radius 2 is 2.18 bits per heavy atom. The Morgan fingerprint density at radius 1 is 1.64 bits per heavy atom. The quantitative estimate of drug-likeness (QED) is 0.627. The molecule has 1 saturated heterocycles. The molecule has 0 saturated carbocycles. The van der Waals surface area contributed by atoms with Gasteiger partial charge in [-0.15, -0.1) is 0 Å². The lowest BCUT2D eigenvalue weighted by molar-refractivity contribution is -0.170. The number of alkyl halides is 2. The highest BCUT2D eigenvalue weighted by Gasteiger charge is 2.47. The van der Waals surface area contributed by atoms with E-state index in [9.17, 15) is 13.6 Å². The largest absolute Gasteiger partial charge is 0.379 e.